The Bertz CT molecular complexity index is 525. The minimum Gasteiger partial charge on any atom is -0.392 e. The van der Waals surface area contributed by atoms with Crippen molar-refractivity contribution in [1.82, 2.24) is 10.1 Å². The number of aromatic nitrogens is 2. The van der Waals surface area contributed by atoms with Gasteiger partial charge in [-0.3, -0.25) is 0 Å². The van der Waals surface area contributed by atoms with Crippen molar-refractivity contribution in [3.05, 3.63) is 34.6 Å². The largest absolute Gasteiger partial charge is 0.392 e. The molecular formula is C13H15BrN2O2. The van der Waals surface area contributed by atoms with Gasteiger partial charge in [0.1, 0.15) is 0 Å². The average molecular weight is 311 g/mol. The van der Waals surface area contributed by atoms with Gasteiger partial charge < -0.3 is 9.63 Å². The second-order valence-corrected chi connectivity index (χ2v) is 5.36. The highest BCUT2D eigenvalue weighted by atomic mass is 79.9. The van der Waals surface area contributed by atoms with Crippen LogP contribution in [0.4, 0.5) is 0 Å². The molecular weight excluding hydrogens is 296 g/mol. The Morgan fingerprint density at radius 3 is 2.72 bits per heavy atom. The van der Waals surface area contributed by atoms with Crippen LogP contribution in [-0.4, -0.2) is 21.4 Å². The molecule has 0 radical (unpaired) electrons. The van der Waals surface area contributed by atoms with E-state index in [1.54, 1.807) is 0 Å². The van der Waals surface area contributed by atoms with Crippen molar-refractivity contribution in [2.45, 2.75) is 26.4 Å². The summed E-state index contributed by atoms with van der Waals surface area (Å²) < 4.78 is 6.07. The number of hydrogen-bond donors (Lipinski definition) is 1. The maximum Gasteiger partial charge on any atom is 0.229 e. The number of halogens is 1. The fourth-order valence-corrected chi connectivity index (χ4v) is 1.97. The summed E-state index contributed by atoms with van der Waals surface area (Å²) in [4.78, 5) is 4.30. The quantitative estimate of drug-likeness (QED) is 0.943. The second-order valence-electron chi connectivity index (χ2n) is 4.51. The van der Waals surface area contributed by atoms with Gasteiger partial charge in [-0.25, -0.2) is 0 Å². The van der Waals surface area contributed by atoms with Crippen LogP contribution < -0.4 is 0 Å². The molecule has 96 valence electrons. The Balaban J connectivity index is 2.18. The molecule has 1 unspecified atom stereocenters. The van der Waals surface area contributed by atoms with E-state index in [0.29, 0.717) is 18.1 Å². The number of aliphatic hydroxyl groups excluding tert-OH is 1. The zero-order valence-corrected chi connectivity index (χ0v) is 11.9. The predicted octanol–water partition coefficient (Wildman–Crippen LogP) is 3.06. The summed E-state index contributed by atoms with van der Waals surface area (Å²) in [7, 11) is 0. The lowest BCUT2D eigenvalue weighted by Crippen LogP contribution is -2.17. The molecule has 1 heterocycles. The predicted molar refractivity (Wildman–Crippen MR) is 72.0 cm³/mol. The molecule has 0 amide bonds. The molecule has 5 heteroatoms. The van der Waals surface area contributed by atoms with Gasteiger partial charge in [-0.05, 0) is 18.1 Å². The summed E-state index contributed by atoms with van der Waals surface area (Å²) in [5.74, 6) is 1.17. The Morgan fingerprint density at radius 2 is 2.06 bits per heavy atom. The van der Waals surface area contributed by atoms with Crippen molar-refractivity contribution in [2.24, 2.45) is 5.92 Å². The number of nitrogens with zero attached hydrogens (tertiary/aromatic N) is 2. The number of aliphatic hydroxyl groups is 1. The first kappa shape index (κ1) is 13.2. The van der Waals surface area contributed by atoms with Crippen LogP contribution in [0.15, 0.2) is 33.3 Å². The molecule has 1 aromatic carbocycles. The van der Waals surface area contributed by atoms with Gasteiger partial charge >= 0.3 is 0 Å². The van der Waals surface area contributed by atoms with Gasteiger partial charge in [-0.2, -0.15) is 4.98 Å². The standard InChI is InChI=1S/C13H15BrN2O2/c1-8(2)11(17)7-12-15-13(16-18-12)9-5-3-4-6-10(9)14/h3-6,8,11,17H,7H2,1-2H3. The lowest BCUT2D eigenvalue weighted by Gasteiger charge is -2.10. The van der Waals surface area contributed by atoms with Crippen LogP contribution in [0.5, 0.6) is 0 Å². The van der Waals surface area contributed by atoms with Crippen LogP contribution in [0.25, 0.3) is 11.4 Å². The smallest absolute Gasteiger partial charge is 0.229 e. The zero-order chi connectivity index (χ0) is 13.1. The highest BCUT2D eigenvalue weighted by Crippen LogP contribution is 2.25. The molecule has 1 atom stereocenters. The first-order valence-electron chi connectivity index (χ1n) is 5.83. The van der Waals surface area contributed by atoms with E-state index in [1.807, 2.05) is 38.1 Å². The lowest BCUT2D eigenvalue weighted by atomic mass is 10.0. The van der Waals surface area contributed by atoms with E-state index in [9.17, 15) is 5.11 Å². The summed E-state index contributed by atoms with van der Waals surface area (Å²) in [6.45, 7) is 3.91. The van der Waals surface area contributed by atoms with E-state index in [1.165, 1.54) is 0 Å². The molecule has 0 spiro atoms. The van der Waals surface area contributed by atoms with Crippen molar-refractivity contribution in [3.63, 3.8) is 0 Å². The molecule has 18 heavy (non-hydrogen) atoms. The fraction of sp³-hybridized carbons (Fsp3) is 0.385. The van der Waals surface area contributed by atoms with Crippen LogP contribution >= 0.6 is 15.9 Å². The van der Waals surface area contributed by atoms with Crippen molar-refractivity contribution < 1.29 is 9.63 Å². The lowest BCUT2D eigenvalue weighted by molar-refractivity contribution is 0.116. The highest BCUT2D eigenvalue weighted by molar-refractivity contribution is 9.10. The Kier molecular flexibility index (Phi) is 4.14. The van der Waals surface area contributed by atoms with E-state index in [-0.39, 0.29) is 5.92 Å². The fourth-order valence-electron chi connectivity index (χ4n) is 1.50. The first-order valence-corrected chi connectivity index (χ1v) is 6.62. The minimum atomic E-state index is -0.461. The molecule has 1 aromatic heterocycles. The molecule has 2 rings (SSSR count). The molecule has 4 nitrogen and oxygen atoms in total. The first-order chi connectivity index (χ1) is 8.58. The van der Waals surface area contributed by atoms with Crippen LogP contribution in [0.2, 0.25) is 0 Å². The van der Waals surface area contributed by atoms with Gasteiger partial charge in [-0.15, -0.1) is 0 Å². The molecule has 0 aliphatic rings. The number of benzene rings is 1. The van der Waals surface area contributed by atoms with Crippen molar-refractivity contribution in [3.8, 4) is 11.4 Å². The normalized spacial score (nSPS) is 12.9. The zero-order valence-electron chi connectivity index (χ0n) is 10.3. The van der Waals surface area contributed by atoms with Crippen molar-refractivity contribution in [1.29, 1.82) is 0 Å². The van der Waals surface area contributed by atoms with E-state index < -0.39 is 6.10 Å². The van der Waals surface area contributed by atoms with Gasteiger partial charge in [-0.1, -0.05) is 47.1 Å². The van der Waals surface area contributed by atoms with Gasteiger partial charge in [0.05, 0.1) is 12.5 Å². The molecule has 0 bridgehead atoms. The molecule has 0 saturated heterocycles. The molecule has 0 saturated carbocycles. The number of rotatable bonds is 4. The third-order valence-corrected chi connectivity index (χ3v) is 3.43. The molecule has 2 aromatic rings. The van der Waals surface area contributed by atoms with Crippen LogP contribution in [0.1, 0.15) is 19.7 Å². The second kappa shape index (κ2) is 5.63. The monoisotopic (exact) mass is 310 g/mol. The molecule has 0 aliphatic carbocycles. The van der Waals surface area contributed by atoms with Gasteiger partial charge in [0.2, 0.25) is 11.7 Å². The van der Waals surface area contributed by atoms with Crippen LogP contribution in [-0.2, 0) is 6.42 Å². The van der Waals surface area contributed by atoms with E-state index in [4.69, 9.17) is 4.52 Å². The van der Waals surface area contributed by atoms with Gasteiger partial charge in [0.15, 0.2) is 0 Å². The minimum absolute atomic E-state index is 0.170. The summed E-state index contributed by atoms with van der Waals surface area (Å²) in [5.41, 5.74) is 0.881. The maximum atomic E-state index is 9.78. The Hall–Kier alpha value is -1.20. The van der Waals surface area contributed by atoms with Crippen LogP contribution in [0, 0.1) is 5.92 Å². The van der Waals surface area contributed by atoms with E-state index in [0.717, 1.165) is 10.0 Å². The summed E-state index contributed by atoms with van der Waals surface area (Å²) in [5, 5.41) is 13.7. The van der Waals surface area contributed by atoms with Gasteiger partial charge in [0.25, 0.3) is 0 Å². The maximum absolute atomic E-state index is 9.78. The third-order valence-electron chi connectivity index (χ3n) is 2.74. The Morgan fingerprint density at radius 1 is 1.33 bits per heavy atom. The van der Waals surface area contributed by atoms with Crippen molar-refractivity contribution >= 4 is 15.9 Å². The molecule has 0 fully saturated rings. The summed E-state index contributed by atoms with van der Waals surface area (Å²) in [6.07, 6.45) is -0.0766. The topological polar surface area (TPSA) is 59.2 Å². The Labute approximate surface area is 114 Å². The molecule has 1 N–H and O–H groups in total. The summed E-state index contributed by atoms with van der Waals surface area (Å²) >= 11 is 3.45. The molecule has 0 aliphatic heterocycles. The number of hydrogen-bond acceptors (Lipinski definition) is 4. The SMILES string of the molecule is CC(C)C(O)Cc1nc(-c2ccccc2Br)no1. The van der Waals surface area contributed by atoms with Gasteiger partial charge in [0, 0.05) is 10.0 Å². The van der Waals surface area contributed by atoms with Crippen molar-refractivity contribution in [2.75, 3.05) is 0 Å². The van der Waals surface area contributed by atoms with Crippen LogP contribution in [0.3, 0.4) is 0 Å². The van der Waals surface area contributed by atoms with E-state index >= 15 is 0 Å². The summed E-state index contributed by atoms with van der Waals surface area (Å²) in [6, 6.07) is 7.68. The third kappa shape index (κ3) is 2.97. The van der Waals surface area contributed by atoms with E-state index in [2.05, 4.69) is 26.1 Å². The highest BCUT2D eigenvalue weighted by Gasteiger charge is 2.16. The average Bonchev–Trinajstić information content (AvgIpc) is 2.77.